The van der Waals surface area contributed by atoms with Gasteiger partial charge in [0.2, 0.25) is 0 Å². The summed E-state index contributed by atoms with van der Waals surface area (Å²) in [6.07, 6.45) is 1.67. The van der Waals surface area contributed by atoms with Gasteiger partial charge in [-0.3, -0.25) is 20.2 Å². The summed E-state index contributed by atoms with van der Waals surface area (Å²) in [6, 6.07) is 17.6. The van der Waals surface area contributed by atoms with Gasteiger partial charge in [0.1, 0.15) is 6.61 Å². The van der Waals surface area contributed by atoms with E-state index in [9.17, 15) is 25.5 Å². The molecule has 0 aromatic heterocycles. The van der Waals surface area contributed by atoms with Gasteiger partial charge in [0.25, 0.3) is 11.4 Å². The summed E-state index contributed by atoms with van der Waals surface area (Å²) in [4.78, 5) is 20.7. The van der Waals surface area contributed by atoms with E-state index in [1.54, 1.807) is 24.3 Å². The van der Waals surface area contributed by atoms with Crippen LogP contribution >= 0.6 is 22.6 Å². The van der Waals surface area contributed by atoms with Crippen LogP contribution in [0.3, 0.4) is 0 Å². The monoisotopic (exact) mass is 571 g/mol. The summed E-state index contributed by atoms with van der Waals surface area (Å²) in [6.45, 7) is 2.42. The van der Waals surface area contributed by atoms with Gasteiger partial charge in [-0.1, -0.05) is 0 Å². The van der Waals surface area contributed by atoms with E-state index in [-0.39, 0.29) is 18.0 Å². The number of halogens is 1. The van der Waals surface area contributed by atoms with Crippen LogP contribution in [0.1, 0.15) is 23.6 Å². The predicted octanol–water partition coefficient (Wildman–Crippen LogP) is 6.15. The van der Waals surface area contributed by atoms with Crippen molar-refractivity contribution in [3.05, 3.63) is 101 Å². The molecule has 9 nitrogen and oxygen atoms in total. The predicted molar refractivity (Wildman–Crippen MR) is 134 cm³/mol. The minimum atomic E-state index is -0.494. The largest absolute Gasteiger partial charge is 0.490 e. The zero-order chi connectivity index (χ0) is 24.7. The summed E-state index contributed by atoms with van der Waals surface area (Å²) in [5.41, 5.74) is 2.31. The standard InChI is InChI=1S/C24H18IN3O6/c1-2-33-23-13-17(11-19(14-26)18-5-9-21(10-6-18)28(31)32)12-22(25)24(23)34-15-16-3-7-20(8-4-16)27(29)30/h3-13H,2,15H2,1H3/b19-11-. The highest BCUT2D eigenvalue weighted by molar-refractivity contribution is 14.1. The molecule has 3 rings (SSSR count). The van der Waals surface area contributed by atoms with Gasteiger partial charge in [-0.25, -0.2) is 0 Å². The van der Waals surface area contributed by atoms with Crippen LogP contribution in [0.5, 0.6) is 11.5 Å². The van der Waals surface area contributed by atoms with Gasteiger partial charge < -0.3 is 9.47 Å². The molecule has 0 fully saturated rings. The summed E-state index contributed by atoms with van der Waals surface area (Å²) in [5, 5.41) is 31.3. The molecule has 0 amide bonds. The van der Waals surface area contributed by atoms with E-state index in [4.69, 9.17) is 9.47 Å². The molecule has 0 heterocycles. The number of nitriles is 1. The first-order valence-corrected chi connectivity index (χ1v) is 11.1. The molecular weight excluding hydrogens is 553 g/mol. The van der Waals surface area contributed by atoms with E-state index in [0.717, 1.165) is 9.13 Å². The molecule has 0 saturated carbocycles. The van der Waals surface area contributed by atoms with Gasteiger partial charge in [-0.05, 0) is 88.7 Å². The molecule has 0 spiro atoms. The van der Waals surface area contributed by atoms with E-state index in [2.05, 4.69) is 28.7 Å². The third-order valence-corrected chi connectivity index (χ3v) is 5.48. The first-order valence-electron chi connectivity index (χ1n) is 10.0. The van der Waals surface area contributed by atoms with Crippen LogP contribution in [0.25, 0.3) is 11.6 Å². The maximum absolute atomic E-state index is 10.9. The molecule has 0 aliphatic heterocycles. The molecule has 34 heavy (non-hydrogen) atoms. The normalized spacial score (nSPS) is 10.9. The maximum atomic E-state index is 10.9. The lowest BCUT2D eigenvalue weighted by atomic mass is 10.0. The molecule has 0 bridgehead atoms. The highest BCUT2D eigenvalue weighted by atomic mass is 127. The zero-order valence-electron chi connectivity index (χ0n) is 17.9. The molecule has 0 aliphatic rings. The number of hydrogen-bond acceptors (Lipinski definition) is 7. The smallest absolute Gasteiger partial charge is 0.269 e. The van der Waals surface area contributed by atoms with E-state index >= 15 is 0 Å². The van der Waals surface area contributed by atoms with Crippen molar-refractivity contribution in [1.29, 1.82) is 5.26 Å². The number of nitrogens with zero attached hydrogens (tertiary/aromatic N) is 3. The first-order chi connectivity index (χ1) is 16.3. The lowest BCUT2D eigenvalue weighted by molar-refractivity contribution is -0.385. The fourth-order valence-electron chi connectivity index (χ4n) is 3.05. The topological polar surface area (TPSA) is 129 Å². The molecule has 3 aromatic carbocycles. The minimum Gasteiger partial charge on any atom is -0.490 e. The Hall–Kier alpha value is -3.98. The third kappa shape index (κ3) is 6.08. The Morgan fingerprint density at radius 3 is 2.12 bits per heavy atom. The van der Waals surface area contributed by atoms with Gasteiger partial charge >= 0.3 is 0 Å². The Bertz CT molecular complexity index is 1280. The average Bonchev–Trinajstić information content (AvgIpc) is 2.82. The number of hydrogen-bond donors (Lipinski definition) is 0. The highest BCUT2D eigenvalue weighted by Crippen LogP contribution is 2.36. The van der Waals surface area contributed by atoms with Gasteiger partial charge in [0.05, 0.1) is 31.7 Å². The number of rotatable bonds is 9. The second-order valence-electron chi connectivity index (χ2n) is 6.95. The summed E-state index contributed by atoms with van der Waals surface area (Å²) in [5.74, 6) is 1.01. The number of benzene rings is 3. The number of ether oxygens (including phenoxy) is 2. The lowest BCUT2D eigenvalue weighted by Crippen LogP contribution is -2.02. The van der Waals surface area contributed by atoms with E-state index in [1.165, 1.54) is 36.4 Å². The van der Waals surface area contributed by atoms with Gasteiger partial charge in [-0.15, -0.1) is 0 Å². The Morgan fingerprint density at radius 2 is 1.59 bits per heavy atom. The molecule has 3 aromatic rings. The molecule has 0 radical (unpaired) electrons. The summed E-state index contributed by atoms with van der Waals surface area (Å²) in [7, 11) is 0. The number of non-ortho nitro benzene ring substituents is 2. The number of nitro benzene ring substituents is 2. The summed E-state index contributed by atoms with van der Waals surface area (Å²) < 4.78 is 12.5. The molecule has 0 saturated heterocycles. The van der Waals surface area contributed by atoms with E-state index in [0.29, 0.717) is 34.8 Å². The van der Waals surface area contributed by atoms with Crippen molar-refractivity contribution in [2.45, 2.75) is 13.5 Å². The van der Waals surface area contributed by atoms with Crippen molar-refractivity contribution in [1.82, 2.24) is 0 Å². The molecule has 0 aliphatic carbocycles. The van der Waals surface area contributed by atoms with E-state index < -0.39 is 9.85 Å². The Labute approximate surface area is 208 Å². The van der Waals surface area contributed by atoms with Crippen LogP contribution < -0.4 is 9.47 Å². The fraction of sp³-hybridized carbons (Fsp3) is 0.125. The second-order valence-corrected chi connectivity index (χ2v) is 8.11. The van der Waals surface area contributed by atoms with Crippen LogP contribution in [-0.2, 0) is 6.61 Å². The van der Waals surface area contributed by atoms with Crippen LogP contribution in [0, 0.1) is 35.1 Å². The number of allylic oxidation sites excluding steroid dienone is 1. The van der Waals surface area contributed by atoms with Crippen LogP contribution in [-0.4, -0.2) is 16.5 Å². The fourth-order valence-corrected chi connectivity index (χ4v) is 3.83. The molecule has 0 atom stereocenters. The second kappa shape index (κ2) is 11.2. The van der Waals surface area contributed by atoms with Crippen molar-refractivity contribution in [2.75, 3.05) is 6.61 Å². The molecule has 0 N–H and O–H groups in total. The average molecular weight is 571 g/mol. The molecule has 10 heteroatoms. The van der Waals surface area contributed by atoms with Crippen molar-refractivity contribution in [3.63, 3.8) is 0 Å². The van der Waals surface area contributed by atoms with Crippen molar-refractivity contribution in [3.8, 4) is 17.6 Å². The Balaban J connectivity index is 1.87. The Morgan fingerprint density at radius 1 is 1.00 bits per heavy atom. The zero-order valence-corrected chi connectivity index (χ0v) is 20.1. The van der Waals surface area contributed by atoms with Crippen LogP contribution in [0.15, 0.2) is 60.7 Å². The minimum absolute atomic E-state index is 0.00536. The lowest BCUT2D eigenvalue weighted by Gasteiger charge is -2.15. The SMILES string of the molecule is CCOc1cc(/C=C(/C#N)c2ccc([N+](=O)[O-])cc2)cc(I)c1OCc1ccc([N+](=O)[O-])cc1. The molecule has 172 valence electrons. The quantitative estimate of drug-likeness (QED) is 0.0991. The van der Waals surface area contributed by atoms with Crippen molar-refractivity contribution < 1.29 is 19.3 Å². The van der Waals surface area contributed by atoms with Gasteiger partial charge in [-0.2, -0.15) is 5.26 Å². The Kier molecular flexibility index (Phi) is 8.15. The summed E-state index contributed by atoms with van der Waals surface area (Å²) >= 11 is 2.11. The maximum Gasteiger partial charge on any atom is 0.269 e. The molecule has 0 unspecified atom stereocenters. The van der Waals surface area contributed by atoms with Crippen molar-refractivity contribution >= 4 is 45.6 Å². The number of nitro groups is 2. The van der Waals surface area contributed by atoms with Crippen molar-refractivity contribution in [2.24, 2.45) is 0 Å². The van der Waals surface area contributed by atoms with E-state index in [1.807, 2.05) is 13.0 Å². The third-order valence-electron chi connectivity index (χ3n) is 4.68. The molecular formula is C24H18IN3O6. The van der Waals surface area contributed by atoms with Crippen LogP contribution in [0.4, 0.5) is 11.4 Å². The van der Waals surface area contributed by atoms with Crippen LogP contribution in [0.2, 0.25) is 0 Å². The highest BCUT2D eigenvalue weighted by Gasteiger charge is 2.14. The van der Waals surface area contributed by atoms with Gasteiger partial charge in [0.15, 0.2) is 11.5 Å². The van der Waals surface area contributed by atoms with Gasteiger partial charge in [0, 0.05) is 24.3 Å². The first kappa shape index (κ1) is 24.7.